The Morgan fingerprint density at radius 1 is 1.00 bits per heavy atom. The van der Waals surface area contributed by atoms with Crippen molar-refractivity contribution in [3.05, 3.63) is 29.8 Å². The monoisotopic (exact) mass is 278 g/mol. The highest BCUT2D eigenvalue weighted by Crippen LogP contribution is 2.37. The molecule has 0 spiro atoms. The van der Waals surface area contributed by atoms with Gasteiger partial charge in [-0.1, -0.05) is 12.1 Å². The van der Waals surface area contributed by atoms with E-state index < -0.39 is 0 Å². The van der Waals surface area contributed by atoms with Crippen LogP contribution in [0, 0.1) is 0 Å². The highest BCUT2D eigenvalue weighted by molar-refractivity contribution is 7.98. The van der Waals surface area contributed by atoms with Gasteiger partial charge in [0.1, 0.15) is 0 Å². The summed E-state index contributed by atoms with van der Waals surface area (Å²) in [4.78, 5) is 1.30. The number of aryl methyl sites for hydroxylation is 1. The van der Waals surface area contributed by atoms with Crippen LogP contribution in [0.5, 0.6) is 0 Å². The van der Waals surface area contributed by atoms with Crippen molar-refractivity contribution in [1.82, 2.24) is 0 Å². The SMILES string of the molecule is CSc1ccc(CCB2OC(C)(C)C(C)(C)O2)cc1. The maximum Gasteiger partial charge on any atom is 0.458 e. The van der Waals surface area contributed by atoms with E-state index >= 15 is 0 Å². The van der Waals surface area contributed by atoms with Gasteiger partial charge in [-0.3, -0.25) is 0 Å². The molecule has 0 saturated carbocycles. The molecule has 1 saturated heterocycles. The Bertz CT molecular complexity index is 412. The van der Waals surface area contributed by atoms with E-state index in [0.717, 1.165) is 12.7 Å². The zero-order valence-electron chi connectivity index (χ0n) is 12.5. The van der Waals surface area contributed by atoms with E-state index in [1.54, 1.807) is 11.8 Å². The van der Waals surface area contributed by atoms with Crippen molar-refractivity contribution in [3.63, 3.8) is 0 Å². The highest BCUT2D eigenvalue weighted by atomic mass is 32.2. The molecule has 1 aromatic carbocycles. The molecule has 0 radical (unpaired) electrons. The van der Waals surface area contributed by atoms with E-state index in [2.05, 4.69) is 58.2 Å². The van der Waals surface area contributed by atoms with E-state index in [0.29, 0.717) is 0 Å². The first kappa shape index (κ1) is 15.0. The fourth-order valence-electron chi connectivity index (χ4n) is 2.16. The number of rotatable bonds is 4. The molecule has 0 unspecified atom stereocenters. The molecule has 0 amide bonds. The lowest BCUT2D eigenvalue weighted by molar-refractivity contribution is 0.00578. The number of hydrogen-bond donors (Lipinski definition) is 0. The average molecular weight is 278 g/mol. The van der Waals surface area contributed by atoms with Crippen LogP contribution in [0.3, 0.4) is 0 Å². The fraction of sp³-hybridized carbons (Fsp3) is 0.600. The standard InChI is InChI=1S/C15H23BO2S/c1-14(2)15(3,4)18-16(17-14)11-10-12-6-8-13(19-5)9-7-12/h6-9H,10-11H2,1-5H3. The molecule has 4 heteroatoms. The molecule has 1 heterocycles. The van der Waals surface area contributed by atoms with Crippen molar-refractivity contribution >= 4 is 18.9 Å². The van der Waals surface area contributed by atoms with Crippen LogP contribution in [0.2, 0.25) is 6.32 Å². The van der Waals surface area contributed by atoms with E-state index in [-0.39, 0.29) is 18.3 Å². The van der Waals surface area contributed by atoms with Crippen molar-refractivity contribution in [2.75, 3.05) is 6.26 Å². The van der Waals surface area contributed by atoms with Gasteiger partial charge in [0.05, 0.1) is 11.2 Å². The summed E-state index contributed by atoms with van der Waals surface area (Å²) < 4.78 is 12.0. The van der Waals surface area contributed by atoms with Crippen LogP contribution in [0.25, 0.3) is 0 Å². The number of benzene rings is 1. The third kappa shape index (κ3) is 3.36. The second-order valence-electron chi connectivity index (χ2n) is 6.07. The predicted molar refractivity (Wildman–Crippen MR) is 82.8 cm³/mol. The molecule has 2 rings (SSSR count). The summed E-state index contributed by atoms with van der Waals surface area (Å²) in [5.41, 5.74) is 0.897. The molecule has 104 valence electrons. The number of hydrogen-bond acceptors (Lipinski definition) is 3. The summed E-state index contributed by atoms with van der Waals surface area (Å²) in [6.07, 6.45) is 4.00. The summed E-state index contributed by atoms with van der Waals surface area (Å²) in [5, 5.41) is 0. The van der Waals surface area contributed by atoms with Crippen LogP contribution in [-0.2, 0) is 15.7 Å². The quantitative estimate of drug-likeness (QED) is 0.611. The van der Waals surface area contributed by atoms with Crippen LogP contribution < -0.4 is 0 Å². The van der Waals surface area contributed by atoms with Gasteiger partial charge in [-0.05, 0) is 64.4 Å². The van der Waals surface area contributed by atoms with E-state index in [4.69, 9.17) is 9.31 Å². The lowest BCUT2D eigenvalue weighted by Gasteiger charge is -2.32. The number of thioether (sulfide) groups is 1. The molecule has 19 heavy (non-hydrogen) atoms. The Kier molecular flexibility index (Phi) is 4.33. The largest absolute Gasteiger partial charge is 0.458 e. The van der Waals surface area contributed by atoms with E-state index in [9.17, 15) is 0 Å². The molecule has 1 fully saturated rings. The molecule has 0 aromatic heterocycles. The fourth-order valence-corrected chi connectivity index (χ4v) is 2.57. The Labute approximate surface area is 121 Å². The van der Waals surface area contributed by atoms with Crippen molar-refractivity contribution in [1.29, 1.82) is 0 Å². The Morgan fingerprint density at radius 2 is 1.53 bits per heavy atom. The third-order valence-electron chi connectivity index (χ3n) is 4.13. The Balaban J connectivity index is 1.90. The normalized spacial score (nSPS) is 20.8. The van der Waals surface area contributed by atoms with E-state index in [1.165, 1.54) is 10.5 Å². The molecule has 0 aliphatic carbocycles. The van der Waals surface area contributed by atoms with Gasteiger partial charge in [0.2, 0.25) is 0 Å². The summed E-state index contributed by atoms with van der Waals surface area (Å²) >= 11 is 1.77. The van der Waals surface area contributed by atoms with Gasteiger partial charge >= 0.3 is 7.12 Å². The minimum absolute atomic E-state index is 0.0924. The first-order chi connectivity index (χ1) is 8.84. The van der Waals surface area contributed by atoms with Crippen LogP contribution in [-0.4, -0.2) is 24.6 Å². The van der Waals surface area contributed by atoms with Crippen molar-refractivity contribution in [3.8, 4) is 0 Å². The first-order valence-electron chi connectivity index (χ1n) is 6.83. The minimum atomic E-state index is -0.222. The second-order valence-corrected chi connectivity index (χ2v) is 6.95. The van der Waals surface area contributed by atoms with Gasteiger partial charge < -0.3 is 9.31 Å². The zero-order valence-corrected chi connectivity index (χ0v) is 13.3. The van der Waals surface area contributed by atoms with Gasteiger partial charge in [0, 0.05) is 4.90 Å². The maximum absolute atomic E-state index is 6.00. The molecule has 0 bridgehead atoms. The van der Waals surface area contributed by atoms with Gasteiger partial charge in [-0.15, -0.1) is 11.8 Å². The van der Waals surface area contributed by atoms with Gasteiger partial charge in [0.15, 0.2) is 0 Å². The smallest absolute Gasteiger partial charge is 0.403 e. The van der Waals surface area contributed by atoms with Crippen LogP contribution in [0.15, 0.2) is 29.2 Å². The summed E-state index contributed by atoms with van der Waals surface area (Å²) in [6.45, 7) is 8.39. The van der Waals surface area contributed by atoms with Crippen LogP contribution in [0.4, 0.5) is 0 Å². The average Bonchev–Trinajstić information content (AvgIpc) is 2.56. The first-order valence-corrected chi connectivity index (χ1v) is 8.05. The highest BCUT2D eigenvalue weighted by Gasteiger charge is 2.50. The third-order valence-corrected chi connectivity index (χ3v) is 4.87. The summed E-state index contributed by atoms with van der Waals surface area (Å²) in [6, 6.07) is 8.72. The second kappa shape index (κ2) is 5.51. The molecule has 1 aliphatic rings. The molecular formula is C15H23BO2S. The predicted octanol–water partition coefficient (Wildman–Crippen LogP) is 4.04. The Hall–Kier alpha value is -0.445. The Morgan fingerprint density at radius 3 is 2.00 bits per heavy atom. The molecule has 0 atom stereocenters. The van der Waals surface area contributed by atoms with Crippen molar-refractivity contribution < 1.29 is 9.31 Å². The summed E-state index contributed by atoms with van der Waals surface area (Å²) in [5.74, 6) is 0. The topological polar surface area (TPSA) is 18.5 Å². The van der Waals surface area contributed by atoms with Gasteiger partial charge in [-0.2, -0.15) is 0 Å². The van der Waals surface area contributed by atoms with Gasteiger partial charge in [0.25, 0.3) is 0 Å². The lowest BCUT2D eigenvalue weighted by Crippen LogP contribution is -2.41. The molecular weight excluding hydrogens is 255 g/mol. The van der Waals surface area contributed by atoms with Crippen LogP contribution >= 0.6 is 11.8 Å². The molecule has 1 aliphatic heterocycles. The lowest BCUT2D eigenvalue weighted by atomic mass is 9.81. The maximum atomic E-state index is 6.00. The van der Waals surface area contributed by atoms with E-state index in [1.807, 2.05) is 0 Å². The zero-order chi connectivity index (χ0) is 14.1. The van der Waals surface area contributed by atoms with Crippen LogP contribution in [0.1, 0.15) is 33.3 Å². The summed E-state index contributed by atoms with van der Waals surface area (Å²) in [7, 11) is -0.0924. The van der Waals surface area contributed by atoms with Crippen molar-refractivity contribution in [2.24, 2.45) is 0 Å². The van der Waals surface area contributed by atoms with Crippen molar-refractivity contribution in [2.45, 2.75) is 56.5 Å². The molecule has 2 nitrogen and oxygen atoms in total. The molecule has 1 aromatic rings. The van der Waals surface area contributed by atoms with Gasteiger partial charge in [-0.25, -0.2) is 0 Å². The molecule has 0 N–H and O–H groups in total. The minimum Gasteiger partial charge on any atom is -0.403 e.